The number of allylic oxidation sites excluding steroid dienone is 1. The Morgan fingerprint density at radius 1 is 1.31 bits per heavy atom. The van der Waals surface area contributed by atoms with Gasteiger partial charge in [0.2, 0.25) is 0 Å². The lowest BCUT2D eigenvalue weighted by atomic mass is 9.99. The van der Waals surface area contributed by atoms with E-state index in [-0.39, 0.29) is 0 Å². The first-order valence-electron chi connectivity index (χ1n) is 5.11. The van der Waals surface area contributed by atoms with Crippen LogP contribution in [0.1, 0.15) is 11.3 Å². The van der Waals surface area contributed by atoms with E-state index in [1.54, 1.807) is 6.20 Å². The third-order valence-corrected chi connectivity index (χ3v) is 2.81. The standard InChI is InChI=1S/C13H9N3/c14-5-10-6-15-8-12-11-4-2-1-3-9(11)7-16-13(10)12/h1-4,6-7,15H,8H2. The molecule has 0 spiro atoms. The molecule has 1 aliphatic rings. The van der Waals surface area contributed by atoms with Crippen LogP contribution in [0.15, 0.2) is 36.7 Å². The van der Waals surface area contributed by atoms with Gasteiger partial charge in [-0.2, -0.15) is 5.26 Å². The first-order chi connectivity index (χ1) is 7.90. The summed E-state index contributed by atoms with van der Waals surface area (Å²) < 4.78 is 0. The highest BCUT2D eigenvalue weighted by Crippen LogP contribution is 2.26. The average molecular weight is 207 g/mol. The van der Waals surface area contributed by atoms with E-state index in [9.17, 15) is 0 Å². The monoisotopic (exact) mass is 207 g/mol. The Bertz CT molecular complexity index is 635. The summed E-state index contributed by atoms with van der Waals surface area (Å²) in [7, 11) is 0. The number of pyridine rings is 1. The Labute approximate surface area is 93.0 Å². The topological polar surface area (TPSA) is 48.7 Å². The number of fused-ring (bicyclic) bond motifs is 3. The molecule has 0 amide bonds. The van der Waals surface area contributed by atoms with Gasteiger partial charge >= 0.3 is 0 Å². The van der Waals surface area contributed by atoms with Gasteiger partial charge in [-0.05, 0) is 5.39 Å². The van der Waals surface area contributed by atoms with Crippen LogP contribution >= 0.6 is 0 Å². The summed E-state index contributed by atoms with van der Waals surface area (Å²) in [6, 6.07) is 10.3. The summed E-state index contributed by atoms with van der Waals surface area (Å²) in [6.07, 6.45) is 3.55. The minimum Gasteiger partial charge on any atom is -0.386 e. The SMILES string of the molecule is N#CC1=CNCc2c1ncc1ccccc21. The van der Waals surface area contributed by atoms with Crippen molar-refractivity contribution in [3.8, 4) is 6.07 Å². The van der Waals surface area contributed by atoms with Gasteiger partial charge in [0.1, 0.15) is 6.07 Å². The van der Waals surface area contributed by atoms with E-state index < -0.39 is 0 Å². The fourth-order valence-electron chi connectivity index (χ4n) is 2.04. The van der Waals surface area contributed by atoms with Crippen LogP contribution in [0.2, 0.25) is 0 Å². The lowest BCUT2D eigenvalue weighted by Gasteiger charge is -2.16. The number of hydrogen-bond acceptors (Lipinski definition) is 3. The highest BCUT2D eigenvalue weighted by Gasteiger charge is 2.15. The largest absolute Gasteiger partial charge is 0.386 e. The Kier molecular flexibility index (Phi) is 1.87. The summed E-state index contributed by atoms with van der Waals surface area (Å²) in [6.45, 7) is 0.731. The first-order valence-corrected chi connectivity index (χ1v) is 5.11. The smallest absolute Gasteiger partial charge is 0.103 e. The van der Waals surface area contributed by atoms with Crippen molar-refractivity contribution < 1.29 is 0 Å². The van der Waals surface area contributed by atoms with Gasteiger partial charge < -0.3 is 5.32 Å². The zero-order chi connectivity index (χ0) is 11.0. The first kappa shape index (κ1) is 8.93. The van der Waals surface area contributed by atoms with E-state index in [0.717, 1.165) is 23.2 Å². The van der Waals surface area contributed by atoms with E-state index in [1.807, 2.05) is 24.4 Å². The summed E-state index contributed by atoms with van der Waals surface area (Å²) >= 11 is 0. The number of nitriles is 1. The van der Waals surface area contributed by atoms with Crippen LogP contribution in [0.25, 0.3) is 16.3 Å². The van der Waals surface area contributed by atoms with Crippen LogP contribution < -0.4 is 5.32 Å². The molecule has 0 radical (unpaired) electrons. The van der Waals surface area contributed by atoms with E-state index in [0.29, 0.717) is 5.57 Å². The Morgan fingerprint density at radius 3 is 3.06 bits per heavy atom. The van der Waals surface area contributed by atoms with Gasteiger partial charge in [0, 0.05) is 29.9 Å². The Balaban J connectivity index is 2.37. The third-order valence-electron chi connectivity index (χ3n) is 2.81. The number of nitrogens with zero attached hydrogens (tertiary/aromatic N) is 2. The molecule has 2 aromatic rings. The summed E-state index contributed by atoms with van der Waals surface area (Å²) in [5.74, 6) is 0. The molecule has 2 heterocycles. The van der Waals surface area contributed by atoms with Gasteiger partial charge in [-0.1, -0.05) is 24.3 Å². The molecule has 1 aromatic heterocycles. The van der Waals surface area contributed by atoms with E-state index in [2.05, 4.69) is 22.4 Å². The molecule has 1 N–H and O–H groups in total. The maximum absolute atomic E-state index is 9.01. The predicted molar refractivity (Wildman–Crippen MR) is 62.2 cm³/mol. The number of rotatable bonds is 0. The Morgan fingerprint density at radius 2 is 2.19 bits per heavy atom. The normalized spacial score (nSPS) is 13.6. The van der Waals surface area contributed by atoms with Crippen LogP contribution in [-0.2, 0) is 6.54 Å². The summed E-state index contributed by atoms with van der Waals surface area (Å²) in [5, 5.41) is 14.4. The van der Waals surface area contributed by atoms with Gasteiger partial charge in [0.15, 0.2) is 0 Å². The molecule has 3 heteroatoms. The zero-order valence-corrected chi connectivity index (χ0v) is 8.57. The van der Waals surface area contributed by atoms with Crippen molar-refractivity contribution in [3.05, 3.63) is 47.9 Å². The quantitative estimate of drug-likeness (QED) is 0.720. The summed E-state index contributed by atoms with van der Waals surface area (Å²) in [5.41, 5.74) is 2.52. The second-order valence-electron chi connectivity index (χ2n) is 3.72. The van der Waals surface area contributed by atoms with Crippen molar-refractivity contribution in [2.45, 2.75) is 6.54 Å². The molecule has 0 aliphatic carbocycles. The van der Waals surface area contributed by atoms with Crippen molar-refractivity contribution >= 4 is 16.3 Å². The van der Waals surface area contributed by atoms with Crippen molar-refractivity contribution in [1.29, 1.82) is 5.26 Å². The predicted octanol–water partition coefficient (Wildman–Crippen LogP) is 2.20. The molecule has 76 valence electrons. The molecule has 0 saturated carbocycles. The molecule has 0 saturated heterocycles. The third kappa shape index (κ3) is 1.17. The van der Waals surface area contributed by atoms with Crippen LogP contribution in [0, 0.1) is 11.3 Å². The molecule has 0 fully saturated rings. The molecule has 3 rings (SSSR count). The van der Waals surface area contributed by atoms with E-state index in [1.165, 1.54) is 5.39 Å². The van der Waals surface area contributed by atoms with Crippen LogP contribution in [0.4, 0.5) is 0 Å². The van der Waals surface area contributed by atoms with Gasteiger partial charge in [0.25, 0.3) is 0 Å². The molecule has 0 atom stereocenters. The van der Waals surface area contributed by atoms with Crippen LogP contribution in [0.5, 0.6) is 0 Å². The molecule has 16 heavy (non-hydrogen) atoms. The number of hydrogen-bond donors (Lipinski definition) is 1. The van der Waals surface area contributed by atoms with Crippen LogP contribution in [0.3, 0.4) is 0 Å². The molecule has 0 bridgehead atoms. The second-order valence-corrected chi connectivity index (χ2v) is 3.72. The van der Waals surface area contributed by atoms with Crippen molar-refractivity contribution in [2.24, 2.45) is 0 Å². The minimum absolute atomic E-state index is 0.604. The maximum Gasteiger partial charge on any atom is 0.103 e. The molecular formula is C13H9N3. The van der Waals surface area contributed by atoms with Gasteiger partial charge in [-0.3, -0.25) is 4.98 Å². The Hall–Kier alpha value is -2.34. The lowest BCUT2D eigenvalue weighted by Crippen LogP contribution is -2.14. The molecule has 1 aromatic carbocycles. The summed E-state index contributed by atoms with van der Waals surface area (Å²) in [4.78, 5) is 4.37. The lowest BCUT2D eigenvalue weighted by molar-refractivity contribution is 0.852. The van der Waals surface area contributed by atoms with Gasteiger partial charge in [-0.15, -0.1) is 0 Å². The van der Waals surface area contributed by atoms with Crippen molar-refractivity contribution in [3.63, 3.8) is 0 Å². The fraction of sp³-hybridized carbons (Fsp3) is 0.0769. The van der Waals surface area contributed by atoms with Gasteiger partial charge in [0.05, 0.1) is 11.3 Å². The molecule has 0 unspecified atom stereocenters. The van der Waals surface area contributed by atoms with Crippen LogP contribution in [-0.4, -0.2) is 4.98 Å². The van der Waals surface area contributed by atoms with Gasteiger partial charge in [-0.25, -0.2) is 0 Å². The molecule has 3 nitrogen and oxygen atoms in total. The van der Waals surface area contributed by atoms with E-state index in [4.69, 9.17) is 5.26 Å². The average Bonchev–Trinajstić information content (AvgIpc) is 2.37. The van der Waals surface area contributed by atoms with E-state index >= 15 is 0 Å². The number of aromatic nitrogens is 1. The highest BCUT2D eigenvalue weighted by atomic mass is 14.9. The highest BCUT2D eigenvalue weighted by molar-refractivity contribution is 5.91. The van der Waals surface area contributed by atoms with Crippen molar-refractivity contribution in [2.75, 3.05) is 0 Å². The molecular weight excluding hydrogens is 198 g/mol. The number of benzene rings is 1. The maximum atomic E-state index is 9.01. The minimum atomic E-state index is 0.604. The zero-order valence-electron chi connectivity index (χ0n) is 8.57. The fourth-order valence-corrected chi connectivity index (χ4v) is 2.04. The second kappa shape index (κ2) is 3.35. The van der Waals surface area contributed by atoms with Crippen molar-refractivity contribution in [1.82, 2.24) is 10.3 Å². The molecule has 1 aliphatic heterocycles. The number of nitrogens with one attached hydrogen (secondary N) is 1.